The molecule has 0 fully saturated rings. The van der Waals surface area contributed by atoms with Crippen LogP contribution < -0.4 is 11.1 Å². The van der Waals surface area contributed by atoms with Crippen molar-refractivity contribution >= 4 is 0 Å². The first-order chi connectivity index (χ1) is 3.30. The van der Waals surface area contributed by atoms with Gasteiger partial charge in [-0.25, -0.2) is 0 Å². The molecule has 1 aliphatic heterocycles. The van der Waals surface area contributed by atoms with Crippen LogP contribution in [-0.4, -0.2) is 12.6 Å². The molecule has 0 saturated carbocycles. The van der Waals surface area contributed by atoms with Crippen molar-refractivity contribution in [2.45, 2.75) is 13.0 Å². The van der Waals surface area contributed by atoms with Gasteiger partial charge in [-0.1, -0.05) is 6.08 Å². The third kappa shape index (κ3) is 0.747. The van der Waals surface area contributed by atoms with Gasteiger partial charge < -0.3 is 11.1 Å². The minimum absolute atomic E-state index is 0.403. The molecule has 2 nitrogen and oxygen atoms in total. The number of nitrogens with two attached hydrogens (primary N) is 1. The highest BCUT2D eigenvalue weighted by Crippen LogP contribution is 1.98. The van der Waals surface area contributed by atoms with Gasteiger partial charge in [-0.2, -0.15) is 0 Å². The molecular weight excluding hydrogens is 88.1 g/mol. The second-order valence-electron chi connectivity index (χ2n) is 1.83. The zero-order valence-corrected chi connectivity index (χ0v) is 4.44. The molecule has 0 aromatic heterocycles. The van der Waals surface area contributed by atoms with Crippen molar-refractivity contribution in [3.8, 4) is 0 Å². The maximum atomic E-state index is 5.48. The molecular formula is C5H10N2. The van der Waals surface area contributed by atoms with E-state index in [1.165, 1.54) is 0 Å². The van der Waals surface area contributed by atoms with E-state index in [1.807, 2.05) is 6.08 Å². The molecule has 0 aliphatic carbocycles. The monoisotopic (exact) mass is 98.1 g/mol. The Morgan fingerprint density at radius 3 is 2.86 bits per heavy atom. The average molecular weight is 98.1 g/mol. The van der Waals surface area contributed by atoms with Crippen LogP contribution >= 0.6 is 0 Å². The van der Waals surface area contributed by atoms with E-state index in [0.29, 0.717) is 6.04 Å². The van der Waals surface area contributed by atoms with Crippen LogP contribution in [0.3, 0.4) is 0 Å². The van der Waals surface area contributed by atoms with Gasteiger partial charge in [-0.3, -0.25) is 0 Å². The smallest absolute Gasteiger partial charge is 0.0438 e. The van der Waals surface area contributed by atoms with Crippen LogP contribution in [-0.2, 0) is 0 Å². The fourth-order valence-electron chi connectivity index (χ4n) is 0.648. The molecule has 3 N–H and O–H groups in total. The van der Waals surface area contributed by atoms with Gasteiger partial charge in [-0.15, -0.1) is 0 Å². The summed E-state index contributed by atoms with van der Waals surface area (Å²) in [7, 11) is 0. The molecule has 1 atom stereocenters. The molecule has 0 spiro atoms. The van der Waals surface area contributed by atoms with Crippen LogP contribution in [0.15, 0.2) is 11.8 Å². The molecule has 0 unspecified atom stereocenters. The zero-order chi connectivity index (χ0) is 5.28. The van der Waals surface area contributed by atoms with E-state index in [2.05, 4.69) is 12.2 Å². The molecule has 2 heteroatoms. The number of rotatable bonds is 0. The van der Waals surface area contributed by atoms with Crippen molar-refractivity contribution in [1.29, 1.82) is 0 Å². The maximum absolute atomic E-state index is 5.48. The molecule has 0 radical (unpaired) electrons. The van der Waals surface area contributed by atoms with Crippen molar-refractivity contribution in [2.75, 3.05) is 6.54 Å². The van der Waals surface area contributed by atoms with Crippen LogP contribution in [0.2, 0.25) is 0 Å². The van der Waals surface area contributed by atoms with Crippen LogP contribution in [0.5, 0.6) is 0 Å². The Bertz CT molecular complexity index is 96.3. The first-order valence-corrected chi connectivity index (χ1v) is 2.49. The molecule has 7 heavy (non-hydrogen) atoms. The lowest BCUT2D eigenvalue weighted by molar-refractivity contribution is 0.696. The first kappa shape index (κ1) is 4.65. The number of nitrogens with one attached hydrogen (secondary N) is 1. The van der Waals surface area contributed by atoms with Gasteiger partial charge in [0.1, 0.15) is 0 Å². The second kappa shape index (κ2) is 1.54. The fraction of sp³-hybridized carbons (Fsp3) is 0.600. The molecule has 1 heterocycles. The van der Waals surface area contributed by atoms with Crippen molar-refractivity contribution < 1.29 is 0 Å². The van der Waals surface area contributed by atoms with E-state index in [1.54, 1.807) is 0 Å². The lowest BCUT2D eigenvalue weighted by Gasteiger charge is -2.01. The van der Waals surface area contributed by atoms with E-state index in [9.17, 15) is 0 Å². The summed E-state index contributed by atoms with van der Waals surface area (Å²) >= 11 is 0. The standard InChI is InChI=1S/C5H10N2/c1-4-5(6)2-3-7-4/h2,4,7H,3,6H2,1H3/t4-/m0/s1. The highest BCUT2D eigenvalue weighted by molar-refractivity contribution is 5.11. The lowest BCUT2D eigenvalue weighted by atomic mass is 10.3. The van der Waals surface area contributed by atoms with Crippen LogP contribution in [0, 0.1) is 0 Å². The van der Waals surface area contributed by atoms with Crippen molar-refractivity contribution in [1.82, 2.24) is 5.32 Å². The number of hydrogen-bond donors (Lipinski definition) is 2. The van der Waals surface area contributed by atoms with Gasteiger partial charge in [0, 0.05) is 18.3 Å². The zero-order valence-electron chi connectivity index (χ0n) is 4.44. The largest absolute Gasteiger partial charge is 0.401 e. The maximum Gasteiger partial charge on any atom is 0.0438 e. The van der Waals surface area contributed by atoms with Crippen LogP contribution in [0.1, 0.15) is 6.92 Å². The Balaban J connectivity index is 2.54. The molecule has 40 valence electrons. The molecule has 0 aromatic rings. The molecule has 0 amide bonds. The summed E-state index contributed by atoms with van der Waals surface area (Å²) in [6.07, 6.45) is 2.00. The van der Waals surface area contributed by atoms with E-state index in [4.69, 9.17) is 5.73 Å². The van der Waals surface area contributed by atoms with Gasteiger partial charge in [-0.05, 0) is 6.92 Å². The summed E-state index contributed by atoms with van der Waals surface area (Å²) in [4.78, 5) is 0. The molecule has 0 aromatic carbocycles. The third-order valence-corrected chi connectivity index (χ3v) is 1.26. The van der Waals surface area contributed by atoms with Crippen molar-refractivity contribution in [2.24, 2.45) is 5.73 Å². The highest BCUT2D eigenvalue weighted by Gasteiger charge is 2.07. The lowest BCUT2D eigenvalue weighted by Crippen LogP contribution is -2.23. The molecule has 0 saturated heterocycles. The van der Waals surface area contributed by atoms with E-state index in [-0.39, 0.29) is 0 Å². The Morgan fingerprint density at radius 1 is 2.00 bits per heavy atom. The topological polar surface area (TPSA) is 38.0 Å². The van der Waals surface area contributed by atoms with Gasteiger partial charge in [0.2, 0.25) is 0 Å². The molecule has 0 bridgehead atoms. The minimum Gasteiger partial charge on any atom is -0.401 e. The Hall–Kier alpha value is -0.500. The van der Waals surface area contributed by atoms with Gasteiger partial charge >= 0.3 is 0 Å². The van der Waals surface area contributed by atoms with Gasteiger partial charge in [0.25, 0.3) is 0 Å². The van der Waals surface area contributed by atoms with E-state index < -0.39 is 0 Å². The summed E-state index contributed by atoms with van der Waals surface area (Å²) in [6.45, 7) is 2.99. The molecule has 1 rings (SSSR count). The predicted octanol–water partition coefficient (Wildman–Crippen LogP) is -0.179. The first-order valence-electron chi connectivity index (χ1n) is 2.49. The van der Waals surface area contributed by atoms with Gasteiger partial charge in [0.15, 0.2) is 0 Å². The normalized spacial score (nSPS) is 30.4. The summed E-state index contributed by atoms with van der Waals surface area (Å²) in [6, 6.07) is 0.403. The van der Waals surface area contributed by atoms with E-state index >= 15 is 0 Å². The Labute approximate surface area is 43.4 Å². The van der Waals surface area contributed by atoms with Crippen LogP contribution in [0.4, 0.5) is 0 Å². The molecule has 1 aliphatic rings. The highest BCUT2D eigenvalue weighted by atomic mass is 15.0. The van der Waals surface area contributed by atoms with Crippen LogP contribution in [0.25, 0.3) is 0 Å². The van der Waals surface area contributed by atoms with Crippen molar-refractivity contribution in [3.63, 3.8) is 0 Å². The summed E-state index contributed by atoms with van der Waals surface area (Å²) in [5.41, 5.74) is 6.45. The average Bonchev–Trinajstić information content (AvgIpc) is 1.91. The predicted molar refractivity (Wildman–Crippen MR) is 29.7 cm³/mol. The Kier molecular flexibility index (Phi) is 1.02. The summed E-state index contributed by atoms with van der Waals surface area (Å²) in [5, 5.41) is 3.15. The van der Waals surface area contributed by atoms with E-state index in [0.717, 1.165) is 12.2 Å². The summed E-state index contributed by atoms with van der Waals surface area (Å²) < 4.78 is 0. The SMILES string of the molecule is C[C@@H]1NCC=C1N. The van der Waals surface area contributed by atoms with Gasteiger partial charge in [0.05, 0.1) is 0 Å². The summed E-state index contributed by atoms with van der Waals surface area (Å²) in [5.74, 6) is 0. The quantitative estimate of drug-likeness (QED) is 0.441. The second-order valence-corrected chi connectivity index (χ2v) is 1.83. The Morgan fingerprint density at radius 2 is 2.71 bits per heavy atom. The third-order valence-electron chi connectivity index (χ3n) is 1.26. The van der Waals surface area contributed by atoms with Crippen molar-refractivity contribution in [3.05, 3.63) is 11.8 Å². The fourth-order valence-corrected chi connectivity index (χ4v) is 0.648. The minimum atomic E-state index is 0.403. The number of hydrogen-bond acceptors (Lipinski definition) is 2.